The molecule has 0 fully saturated rings. The fourth-order valence-corrected chi connectivity index (χ4v) is 7.87. The SMILES string of the molecule is CC1(C)c2ccccc2-c2c1ccc1c2c2ccccc2n1-c1cccc(-c2nc(-c3ccccc3)c3c(n2)oc2ccccc23)c1. The molecule has 9 aromatic rings. The molecule has 0 unspecified atom stereocenters. The molecule has 1 aliphatic carbocycles. The minimum Gasteiger partial charge on any atom is -0.438 e. The standard InChI is InChI=1S/C43H29N3O/c1-43(2)32-20-9-6-17-29(32)37-33(43)23-24-35-38(37)30-18-7-10-21-34(30)46(35)28-16-12-15-27(25-28)41-44-40(26-13-4-3-5-14-26)39-31-19-8-11-22-36(31)47-42(39)45-41/h3-25H,1-2H3. The molecule has 1 aliphatic rings. The molecule has 0 atom stereocenters. The molecule has 0 amide bonds. The first-order chi connectivity index (χ1) is 23.1. The van der Waals surface area contributed by atoms with E-state index >= 15 is 0 Å². The molecule has 6 aromatic carbocycles. The summed E-state index contributed by atoms with van der Waals surface area (Å²) in [5, 5.41) is 4.51. The second kappa shape index (κ2) is 9.51. The molecule has 0 saturated heterocycles. The minimum absolute atomic E-state index is 0.0632. The van der Waals surface area contributed by atoms with Crippen LogP contribution in [0.15, 0.2) is 144 Å². The Bertz CT molecular complexity index is 2710. The lowest BCUT2D eigenvalue weighted by Gasteiger charge is -2.21. The molecular formula is C43H29N3O. The Morgan fingerprint density at radius 3 is 2.21 bits per heavy atom. The molecule has 4 nitrogen and oxygen atoms in total. The summed E-state index contributed by atoms with van der Waals surface area (Å²) >= 11 is 0. The number of benzene rings is 6. The highest BCUT2D eigenvalue weighted by molar-refractivity contribution is 6.18. The van der Waals surface area contributed by atoms with Gasteiger partial charge in [0.15, 0.2) is 5.82 Å². The van der Waals surface area contributed by atoms with Gasteiger partial charge in [0.1, 0.15) is 5.58 Å². The number of rotatable bonds is 3. The Hall–Kier alpha value is -6.00. The van der Waals surface area contributed by atoms with E-state index in [1.807, 2.05) is 36.4 Å². The monoisotopic (exact) mass is 603 g/mol. The van der Waals surface area contributed by atoms with Gasteiger partial charge in [-0.3, -0.25) is 0 Å². The lowest BCUT2D eigenvalue weighted by Crippen LogP contribution is -2.14. The van der Waals surface area contributed by atoms with Crippen molar-refractivity contribution in [1.29, 1.82) is 0 Å². The highest BCUT2D eigenvalue weighted by Crippen LogP contribution is 2.53. The number of furan rings is 1. The van der Waals surface area contributed by atoms with Crippen LogP contribution in [0.5, 0.6) is 0 Å². The number of aromatic nitrogens is 3. The predicted molar refractivity (Wildman–Crippen MR) is 192 cm³/mol. The smallest absolute Gasteiger partial charge is 0.231 e. The van der Waals surface area contributed by atoms with Crippen molar-refractivity contribution in [1.82, 2.24) is 14.5 Å². The first-order valence-corrected chi connectivity index (χ1v) is 16.1. The zero-order chi connectivity index (χ0) is 31.3. The van der Waals surface area contributed by atoms with Gasteiger partial charge in [-0.25, -0.2) is 4.98 Å². The van der Waals surface area contributed by atoms with Crippen LogP contribution in [0, 0.1) is 0 Å². The van der Waals surface area contributed by atoms with E-state index in [2.05, 4.69) is 122 Å². The summed E-state index contributed by atoms with van der Waals surface area (Å²) in [5.41, 5.74) is 13.0. The maximum absolute atomic E-state index is 6.33. The van der Waals surface area contributed by atoms with Crippen molar-refractivity contribution < 1.29 is 4.42 Å². The highest BCUT2D eigenvalue weighted by atomic mass is 16.3. The molecule has 3 aromatic heterocycles. The van der Waals surface area contributed by atoms with Crippen LogP contribution in [0.3, 0.4) is 0 Å². The van der Waals surface area contributed by atoms with Crippen LogP contribution >= 0.6 is 0 Å². The van der Waals surface area contributed by atoms with Gasteiger partial charge in [0.25, 0.3) is 0 Å². The first-order valence-electron chi connectivity index (χ1n) is 16.1. The largest absolute Gasteiger partial charge is 0.438 e. The Morgan fingerprint density at radius 2 is 1.32 bits per heavy atom. The van der Waals surface area contributed by atoms with Crippen molar-refractivity contribution in [2.24, 2.45) is 0 Å². The van der Waals surface area contributed by atoms with Crippen molar-refractivity contribution in [3.05, 3.63) is 151 Å². The Kier molecular flexibility index (Phi) is 5.31. The van der Waals surface area contributed by atoms with Crippen LogP contribution in [0.4, 0.5) is 0 Å². The topological polar surface area (TPSA) is 43.9 Å². The Labute approximate surface area is 271 Å². The summed E-state index contributed by atoms with van der Waals surface area (Å²) in [4.78, 5) is 10.2. The molecule has 222 valence electrons. The first kappa shape index (κ1) is 26.2. The summed E-state index contributed by atoms with van der Waals surface area (Å²) in [6.45, 7) is 4.68. The van der Waals surface area contributed by atoms with E-state index in [0.29, 0.717) is 11.5 Å². The molecule has 0 N–H and O–H groups in total. The van der Waals surface area contributed by atoms with E-state index in [1.54, 1.807) is 0 Å². The van der Waals surface area contributed by atoms with Crippen LogP contribution in [-0.4, -0.2) is 14.5 Å². The van der Waals surface area contributed by atoms with Gasteiger partial charge in [-0.1, -0.05) is 123 Å². The van der Waals surface area contributed by atoms with Gasteiger partial charge in [0.05, 0.1) is 22.1 Å². The molecule has 47 heavy (non-hydrogen) atoms. The highest BCUT2D eigenvalue weighted by Gasteiger charge is 2.37. The van der Waals surface area contributed by atoms with Crippen LogP contribution < -0.4 is 0 Å². The number of fused-ring (bicyclic) bond motifs is 10. The summed E-state index contributed by atoms with van der Waals surface area (Å²) in [5.74, 6) is 0.634. The van der Waals surface area contributed by atoms with E-state index in [4.69, 9.17) is 14.4 Å². The number of para-hydroxylation sites is 2. The zero-order valence-electron chi connectivity index (χ0n) is 26.0. The van der Waals surface area contributed by atoms with Crippen LogP contribution in [0.1, 0.15) is 25.0 Å². The molecule has 0 spiro atoms. The minimum atomic E-state index is -0.0632. The summed E-state index contributed by atoms with van der Waals surface area (Å²) < 4.78 is 8.72. The molecule has 3 heterocycles. The van der Waals surface area contributed by atoms with Crippen molar-refractivity contribution >= 4 is 43.9 Å². The zero-order valence-corrected chi connectivity index (χ0v) is 26.0. The van der Waals surface area contributed by atoms with Gasteiger partial charge in [-0.15, -0.1) is 0 Å². The number of hydrogen-bond acceptors (Lipinski definition) is 3. The van der Waals surface area contributed by atoms with Gasteiger partial charge in [-0.2, -0.15) is 4.98 Å². The van der Waals surface area contributed by atoms with Gasteiger partial charge >= 0.3 is 0 Å². The van der Waals surface area contributed by atoms with Crippen LogP contribution in [-0.2, 0) is 5.41 Å². The molecule has 0 aliphatic heterocycles. The molecule has 4 heteroatoms. The number of nitrogens with zero attached hydrogens (tertiary/aromatic N) is 3. The third-order valence-corrected chi connectivity index (χ3v) is 10.0. The number of hydrogen-bond donors (Lipinski definition) is 0. The molecule has 0 saturated carbocycles. The molecule has 0 radical (unpaired) electrons. The molecule has 0 bridgehead atoms. The fraction of sp³-hybridized carbons (Fsp3) is 0.0698. The van der Waals surface area contributed by atoms with Crippen molar-refractivity contribution in [2.75, 3.05) is 0 Å². The fourth-order valence-electron chi connectivity index (χ4n) is 7.87. The molecular weight excluding hydrogens is 574 g/mol. The molecule has 10 rings (SSSR count). The van der Waals surface area contributed by atoms with Crippen molar-refractivity contribution in [2.45, 2.75) is 19.3 Å². The van der Waals surface area contributed by atoms with E-state index in [-0.39, 0.29) is 5.41 Å². The summed E-state index contributed by atoms with van der Waals surface area (Å²) in [6, 6.07) is 49.3. The maximum Gasteiger partial charge on any atom is 0.231 e. The normalized spacial score (nSPS) is 13.5. The quantitative estimate of drug-likeness (QED) is 0.202. The maximum atomic E-state index is 6.33. The van der Waals surface area contributed by atoms with E-state index in [1.165, 1.54) is 44.1 Å². The van der Waals surface area contributed by atoms with Crippen molar-refractivity contribution in [3.8, 4) is 39.5 Å². The summed E-state index contributed by atoms with van der Waals surface area (Å²) in [6.07, 6.45) is 0. The van der Waals surface area contributed by atoms with Gasteiger partial charge < -0.3 is 8.98 Å². The second-order valence-electron chi connectivity index (χ2n) is 13.0. The van der Waals surface area contributed by atoms with E-state index in [0.717, 1.165) is 38.9 Å². The van der Waals surface area contributed by atoms with Gasteiger partial charge in [0, 0.05) is 38.4 Å². The van der Waals surface area contributed by atoms with Crippen LogP contribution in [0.25, 0.3) is 83.3 Å². The van der Waals surface area contributed by atoms with Crippen molar-refractivity contribution in [3.63, 3.8) is 0 Å². The van der Waals surface area contributed by atoms with E-state index < -0.39 is 0 Å². The Balaban J connectivity index is 1.22. The lowest BCUT2D eigenvalue weighted by atomic mass is 9.82. The van der Waals surface area contributed by atoms with Gasteiger partial charge in [-0.05, 0) is 52.6 Å². The third-order valence-electron chi connectivity index (χ3n) is 10.0. The average Bonchev–Trinajstić information content (AvgIpc) is 3.74. The Morgan fingerprint density at radius 1 is 0.574 bits per heavy atom. The lowest BCUT2D eigenvalue weighted by molar-refractivity contribution is 0.653. The van der Waals surface area contributed by atoms with E-state index in [9.17, 15) is 0 Å². The average molecular weight is 604 g/mol. The third kappa shape index (κ3) is 3.64. The summed E-state index contributed by atoms with van der Waals surface area (Å²) in [7, 11) is 0. The van der Waals surface area contributed by atoms with Gasteiger partial charge in [0.2, 0.25) is 5.71 Å². The predicted octanol–water partition coefficient (Wildman–Crippen LogP) is 11.1. The van der Waals surface area contributed by atoms with Crippen LogP contribution in [0.2, 0.25) is 0 Å². The second-order valence-corrected chi connectivity index (χ2v) is 13.0.